The number of carbonyl (C=O) groups is 2. The second-order valence-corrected chi connectivity index (χ2v) is 8.53. The van der Waals surface area contributed by atoms with Gasteiger partial charge in [-0.15, -0.1) is 4.40 Å². The fourth-order valence-electron chi connectivity index (χ4n) is 3.31. The Morgan fingerprint density at radius 2 is 2.07 bits per heavy atom. The maximum absolute atomic E-state index is 12.6. The number of esters is 1. The van der Waals surface area contributed by atoms with Gasteiger partial charge < -0.3 is 19.7 Å². The van der Waals surface area contributed by atoms with Crippen molar-refractivity contribution in [2.45, 2.75) is 43.6 Å². The van der Waals surface area contributed by atoms with E-state index in [2.05, 4.69) is 9.71 Å². The average Bonchev–Trinajstić information content (AvgIpc) is 2.92. The van der Waals surface area contributed by atoms with Crippen molar-refractivity contribution in [1.82, 2.24) is 5.32 Å². The molecule has 0 aromatic heterocycles. The molecule has 0 bridgehead atoms. The van der Waals surface area contributed by atoms with Crippen LogP contribution in [0.4, 0.5) is 5.69 Å². The largest absolute Gasteiger partial charge is 0.449 e. The van der Waals surface area contributed by atoms with Crippen LogP contribution in [0.3, 0.4) is 0 Å². The van der Waals surface area contributed by atoms with Gasteiger partial charge in [0.15, 0.2) is 6.10 Å². The molecular formula is C19H25N3O6S. The van der Waals surface area contributed by atoms with E-state index in [1.54, 1.807) is 6.07 Å². The number of benzene rings is 1. The number of amidine groups is 1. The van der Waals surface area contributed by atoms with Gasteiger partial charge >= 0.3 is 5.97 Å². The van der Waals surface area contributed by atoms with Crippen LogP contribution in [0.2, 0.25) is 0 Å². The third-order valence-electron chi connectivity index (χ3n) is 4.84. The maximum atomic E-state index is 12.6. The van der Waals surface area contributed by atoms with E-state index in [9.17, 15) is 18.0 Å². The van der Waals surface area contributed by atoms with E-state index < -0.39 is 28.0 Å². The van der Waals surface area contributed by atoms with Crippen molar-refractivity contribution in [2.24, 2.45) is 4.40 Å². The normalized spacial score (nSPS) is 18.6. The number of carbonyl (C=O) groups excluding carboxylic acids is 2. The van der Waals surface area contributed by atoms with Crippen molar-refractivity contribution in [1.29, 1.82) is 0 Å². The number of methoxy groups -OCH3 is 1. The van der Waals surface area contributed by atoms with Gasteiger partial charge in [-0.05, 0) is 38.0 Å². The number of nitrogens with zero attached hydrogens (tertiary/aromatic N) is 2. The van der Waals surface area contributed by atoms with Gasteiger partial charge in [0.25, 0.3) is 15.9 Å². The zero-order chi connectivity index (χ0) is 21.0. The lowest BCUT2D eigenvalue weighted by Gasteiger charge is -2.29. The number of rotatable bonds is 6. The first-order valence-electron chi connectivity index (χ1n) is 9.56. The lowest BCUT2D eigenvalue weighted by Crippen LogP contribution is -2.37. The second-order valence-electron chi connectivity index (χ2n) is 6.96. The highest BCUT2D eigenvalue weighted by Gasteiger charge is 2.32. The highest BCUT2D eigenvalue weighted by Crippen LogP contribution is 2.35. The predicted octanol–water partition coefficient (Wildman–Crippen LogP) is 1.48. The fourth-order valence-corrected chi connectivity index (χ4v) is 4.59. The van der Waals surface area contributed by atoms with Gasteiger partial charge in [-0.2, -0.15) is 8.42 Å². The SMILES string of the molecule is COCCNC(=O)[C@@H](C)OC(=O)c1ccc2c(c1)S(=O)(=O)N=C1CCCCCN12. The molecule has 0 spiro atoms. The van der Waals surface area contributed by atoms with Crippen LogP contribution in [0.25, 0.3) is 0 Å². The minimum absolute atomic E-state index is 0.0187. The summed E-state index contributed by atoms with van der Waals surface area (Å²) in [4.78, 5) is 26.3. The van der Waals surface area contributed by atoms with Gasteiger partial charge in [-0.3, -0.25) is 4.79 Å². The van der Waals surface area contributed by atoms with Crippen molar-refractivity contribution >= 4 is 33.4 Å². The van der Waals surface area contributed by atoms with Crippen molar-refractivity contribution in [3.05, 3.63) is 23.8 Å². The van der Waals surface area contributed by atoms with E-state index in [4.69, 9.17) is 9.47 Å². The molecule has 0 aliphatic carbocycles. The molecule has 2 aliphatic rings. The first kappa shape index (κ1) is 21.3. The Kier molecular flexibility index (Phi) is 6.53. The number of sulfonamides is 1. The van der Waals surface area contributed by atoms with Gasteiger partial charge in [0.1, 0.15) is 10.7 Å². The van der Waals surface area contributed by atoms with Crippen LogP contribution in [0.5, 0.6) is 0 Å². The Balaban J connectivity index is 1.79. The first-order valence-corrected chi connectivity index (χ1v) is 11.0. The molecular weight excluding hydrogens is 398 g/mol. The average molecular weight is 423 g/mol. The van der Waals surface area contributed by atoms with Gasteiger partial charge in [-0.25, -0.2) is 4.79 Å². The number of fused-ring (bicyclic) bond motifs is 3. The highest BCUT2D eigenvalue weighted by atomic mass is 32.2. The number of nitrogens with one attached hydrogen (secondary N) is 1. The van der Waals surface area contributed by atoms with Gasteiger partial charge in [-0.1, -0.05) is 6.42 Å². The van der Waals surface area contributed by atoms with E-state index in [0.717, 1.165) is 19.3 Å². The molecule has 0 radical (unpaired) electrons. The summed E-state index contributed by atoms with van der Waals surface area (Å²) in [5, 5.41) is 2.58. The van der Waals surface area contributed by atoms with Crippen molar-refractivity contribution in [2.75, 3.05) is 31.7 Å². The molecule has 0 saturated carbocycles. The molecule has 0 unspecified atom stereocenters. The highest BCUT2D eigenvalue weighted by molar-refractivity contribution is 7.90. The Morgan fingerprint density at radius 3 is 2.83 bits per heavy atom. The molecule has 10 heteroatoms. The van der Waals surface area contributed by atoms with Crippen LogP contribution in [-0.4, -0.2) is 59.0 Å². The summed E-state index contributed by atoms with van der Waals surface area (Å²) in [6, 6.07) is 4.39. The lowest BCUT2D eigenvalue weighted by molar-refractivity contribution is -0.129. The zero-order valence-electron chi connectivity index (χ0n) is 16.5. The van der Waals surface area contributed by atoms with Crippen LogP contribution < -0.4 is 10.2 Å². The smallest absolute Gasteiger partial charge is 0.338 e. The lowest BCUT2D eigenvalue weighted by atomic mass is 10.1. The summed E-state index contributed by atoms with van der Waals surface area (Å²) in [6.07, 6.45) is 2.44. The summed E-state index contributed by atoms with van der Waals surface area (Å²) in [6.45, 7) is 2.77. The van der Waals surface area contributed by atoms with Crippen LogP contribution >= 0.6 is 0 Å². The van der Waals surface area contributed by atoms with E-state index in [0.29, 0.717) is 37.6 Å². The molecule has 9 nitrogen and oxygen atoms in total. The molecule has 1 N–H and O–H groups in total. The van der Waals surface area contributed by atoms with Crippen LogP contribution in [0.1, 0.15) is 43.0 Å². The maximum Gasteiger partial charge on any atom is 0.338 e. The van der Waals surface area contributed by atoms with Gasteiger partial charge in [0.05, 0.1) is 17.9 Å². The molecule has 1 saturated heterocycles. The zero-order valence-corrected chi connectivity index (χ0v) is 17.3. The second kappa shape index (κ2) is 8.91. The molecule has 3 rings (SSSR count). The van der Waals surface area contributed by atoms with Crippen molar-refractivity contribution < 1.29 is 27.5 Å². The Morgan fingerprint density at radius 1 is 1.28 bits per heavy atom. The van der Waals surface area contributed by atoms with E-state index in [-0.39, 0.29) is 10.5 Å². The molecule has 1 atom stereocenters. The van der Waals surface area contributed by atoms with Crippen LogP contribution in [-0.2, 0) is 24.3 Å². The molecule has 2 aliphatic heterocycles. The predicted molar refractivity (Wildman–Crippen MR) is 107 cm³/mol. The van der Waals surface area contributed by atoms with E-state index >= 15 is 0 Å². The molecule has 1 amide bonds. The number of hydrogen-bond donors (Lipinski definition) is 1. The Bertz CT molecular complexity index is 928. The summed E-state index contributed by atoms with van der Waals surface area (Å²) in [7, 11) is -2.39. The third kappa shape index (κ3) is 4.76. The molecule has 2 heterocycles. The molecule has 29 heavy (non-hydrogen) atoms. The van der Waals surface area contributed by atoms with Crippen molar-refractivity contribution in [3.63, 3.8) is 0 Å². The summed E-state index contributed by atoms with van der Waals surface area (Å²) < 4.78 is 39.3. The summed E-state index contributed by atoms with van der Waals surface area (Å²) >= 11 is 0. The molecule has 1 fully saturated rings. The van der Waals surface area contributed by atoms with Crippen molar-refractivity contribution in [3.8, 4) is 0 Å². The Labute approximate surface area is 170 Å². The number of hydrogen-bond acceptors (Lipinski definition) is 7. The molecule has 1 aromatic rings. The fraction of sp³-hybridized carbons (Fsp3) is 0.526. The quantitative estimate of drug-likeness (QED) is 0.544. The monoisotopic (exact) mass is 423 g/mol. The summed E-state index contributed by atoms with van der Waals surface area (Å²) in [5.74, 6) is -0.686. The van der Waals surface area contributed by atoms with E-state index in [1.807, 2.05) is 4.90 Å². The minimum atomic E-state index is -3.90. The first-order chi connectivity index (χ1) is 13.8. The van der Waals surface area contributed by atoms with Gasteiger partial charge in [0, 0.05) is 26.6 Å². The number of ether oxygens (including phenoxy) is 2. The molecule has 158 valence electrons. The topological polar surface area (TPSA) is 114 Å². The number of amides is 1. The molecule has 1 aromatic carbocycles. The van der Waals surface area contributed by atoms with Gasteiger partial charge in [0.2, 0.25) is 0 Å². The number of anilines is 1. The van der Waals surface area contributed by atoms with Crippen LogP contribution in [0, 0.1) is 0 Å². The summed E-state index contributed by atoms with van der Waals surface area (Å²) in [5.41, 5.74) is 0.580. The third-order valence-corrected chi connectivity index (χ3v) is 6.18. The standard InChI is InChI=1S/C19H25N3O6S/c1-13(18(23)20-9-11-27-2)28-19(24)14-7-8-15-16(12-14)29(25,26)21-17-6-4-3-5-10-22(15)17/h7-8,12-13H,3-6,9-11H2,1-2H3,(H,20,23)/t13-/m1/s1. The van der Waals surface area contributed by atoms with Crippen LogP contribution in [0.15, 0.2) is 27.5 Å². The van der Waals surface area contributed by atoms with E-state index in [1.165, 1.54) is 26.2 Å². The minimum Gasteiger partial charge on any atom is -0.449 e. The Hall–Kier alpha value is -2.46.